The van der Waals surface area contributed by atoms with Gasteiger partial charge in [0.2, 0.25) is 0 Å². The SMILES string of the molecule is CCn1c(CNC(C)C)ccc1CC(C)C. The lowest BCUT2D eigenvalue weighted by Gasteiger charge is -2.14. The van der Waals surface area contributed by atoms with Gasteiger partial charge in [0.25, 0.3) is 0 Å². The van der Waals surface area contributed by atoms with Gasteiger partial charge < -0.3 is 9.88 Å². The van der Waals surface area contributed by atoms with Gasteiger partial charge in [-0.25, -0.2) is 0 Å². The van der Waals surface area contributed by atoms with Crippen molar-refractivity contribution >= 4 is 0 Å². The number of rotatable bonds is 6. The van der Waals surface area contributed by atoms with Crippen LogP contribution in [-0.2, 0) is 19.5 Å². The van der Waals surface area contributed by atoms with Crippen LogP contribution in [0.5, 0.6) is 0 Å². The Morgan fingerprint density at radius 2 is 1.75 bits per heavy atom. The van der Waals surface area contributed by atoms with E-state index in [2.05, 4.69) is 56.6 Å². The van der Waals surface area contributed by atoms with Gasteiger partial charge in [-0.2, -0.15) is 0 Å². The summed E-state index contributed by atoms with van der Waals surface area (Å²) in [7, 11) is 0. The second kappa shape index (κ2) is 6.09. The predicted octanol–water partition coefficient (Wildman–Crippen LogP) is 3.20. The first-order valence-electron chi connectivity index (χ1n) is 6.45. The molecule has 92 valence electrons. The largest absolute Gasteiger partial charge is 0.348 e. The van der Waals surface area contributed by atoms with Crippen molar-refractivity contribution in [2.75, 3.05) is 0 Å². The molecule has 0 spiro atoms. The van der Waals surface area contributed by atoms with Crippen LogP contribution in [0.4, 0.5) is 0 Å². The highest BCUT2D eigenvalue weighted by molar-refractivity contribution is 5.17. The Kier molecular flexibility index (Phi) is 5.07. The van der Waals surface area contributed by atoms with Crippen LogP contribution in [0.3, 0.4) is 0 Å². The number of hydrogen-bond donors (Lipinski definition) is 1. The van der Waals surface area contributed by atoms with Crippen LogP contribution in [0.2, 0.25) is 0 Å². The number of aromatic nitrogens is 1. The zero-order valence-electron chi connectivity index (χ0n) is 11.4. The molecule has 1 rings (SSSR count). The average Bonchev–Trinajstić information content (AvgIpc) is 2.56. The minimum Gasteiger partial charge on any atom is -0.348 e. The average molecular weight is 222 g/mol. The van der Waals surface area contributed by atoms with Crippen LogP contribution in [-0.4, -0.2) is 10.6 Å². The van der Waals surface area contributed by atoms with Crippen molar-refractivity contribution in [3.8, 4) is 0 Å². The van der Waals surface area contributed by atoms with Crippen molar-refractivity contribution in [2.45, 2.75) is 60.2 Å². The first kappa shape index (κ1) is 13.3. The lowest BCUT2D eigenvalue weighted by atomic mass is 10.1. The van der Waals surface area contributed by atoms with E-state index < -0.39 is 0 Å². The van der Waals surface area contributed by atoms with Gasteiger partial charge in [-0.15, -0.1) is 0 Å². The van der Waals surface area contributed by atoms with E-state index >= 15 is 0 Å². The molecule has 0 aromatic carbocycles. The van der Waals surface area contributed by atoms with Crippen molar-refractivity contribution in [1.82, 2.24) is 9.88 Å². The summed E-state index contributed by atoms with van der Waals surface area (Å²) in [6, 6.07) is 5.09. The molecule has 0 aliphatic heterocycles. The molecule has 1 aromatic heterocycles. The van der Waals surface area contributed by atoms with E-state index in [1.165, 1.54) is 17.8 Å². The van der Waals surface area contributed by atoms with Crippen molar-refractivity contribution in [3.05, 3.63) is 23.5 Å². The summed E-state index contributed by atoms with van der Waals surface area (Å²) in [5.41, 5.74) is 2.88. The van der Waals surface area contributed by atoms with Gasteiger partial charge in [0, 0.05) is 30.5 Å². The van der Waals surface area contributed by atoms with Crippen LogP contribution < -0.4 is 5.32 Å². The zero-order valence-corrected chi connectivity index (χ0v) is 11.4. The second-order valence-electron chi connectivity index (χ2n) is 5.19. The number of nitrogens with zero attached hydrogens (tertiary/aromatic N) is 1. The van der Waals surface area contributed by atoms with Crippen molar-refractivity contribution < 1.29 is 0 Å². The number of nitrogens with one attached hydrogen (secondary N) is 1. The monoisotopic (exact) mass is 222 g/mol. The Morgan fingerprint density at radius 3 is 2.25 bits per heavy atom. The van der Waals surface area contributed by atoms with Crippen molar-refractivity contribution in [2.24, 2.45) is 5.92 Å². The van der Waals surface area contributed by atoms with E-state index in [4.69, 9.17) is 0 Å². The maximum absolute atomic E-state index is 3.48. The standard InChI is InChI=1S/C14H26N2/c1-6-16-13(9-11(2)3)7-8-14(16)10-15-12(4)5/h7-8,11-12,15H,6,9-10H2,1-5H3. The van der Waals surface area contributed by atoms with E-state index in [-0.39, 0.29) is 0 Å². The van der Waals surface area contributed by atoms with E-state index in [1.54, 1.807) is 0 Å². The van der Waals surface area contributed by atoms with Crippen molar-refractivity contribution in [1.29, 1.82) is 0 Å². The normalized spacial score (nSPS) is 11.7. The maximum Gasteiger partial charge on any atom is 0.0361 e. The molecular formula is C14H26N2. The highest BCUT2D eigenvalue weighted by Gasteiger charge is 2.08. The van der Waals surface area contributed by atoms with Gasteiger partial charge in [-0.05, 0) is 31.4 Å². The molecule has 0 aliphatic rings. The van der Waals surface area contributed by atoms with Gasteiger partial charge in [0.05, 0.1) is 0 Å². The molecule has 1 aromatic rings. The second-order valence-corrected chi connectivity index (χ2v) is 5.19. The highest BCUT2D eigenvalue weighted by Crippen LogP contribution is 2.14. The summed E-state index contributed by atoms with van der Waals surface area (Å²) in [5.74, 6) is 0.728. The van der Waals surface area contributed by atoms with Crippen LogP contribution in [0.25, 0.3) is 0 Å². The summed E-state index contributed by atoms with van der Waals surface area (Å²) in [6.07, 6.45) is 1.18. The fourth-order valence-corrected chi connectivity index (χ4v) is 2.02. The molecule has 1 N–H and O–H groups in total. The molecule has 0 radical (unpaired) electrons. The van der Waals surface area contributed by atoms with Crippen molar-refractivity contribution in [3.63, 3.8) is 0 Å². The molecule has 0 aliphatic carbocycles. The Hall–Kier alpha value is -0.760. The molecule has 0 fully saturated rings. The lowest BCUT2D eigenvalue weighted by molar-refractivity contribution is 0.543. The summed E-state index contributed by atoms with van der Waals surface area (Å²) >= 11 is 0. The van der Waals surface area contributed by atoms with Gasteiger partial charge in [0.1, 0.15) is 0 Å². The smallest absolute Gasteiger partial charge is 0.0361 e. The topological polar surface area (TPSA) is 17.0 Å². The Bertz CT molecular complexity index is 311. The molecule has 16 heavy (non-hydrogen) atoms. The third-order valence-electron chi connectivity index (χ3n) is 2.79. The lowest BCUT2D eigenvalue weighted by Crippen LogP contribution is -2.23. The minimum atomic E-state index is 0.550. The molecule has 2 heteroatoms. The van der Waals surface area contributed by atoms with Gasteiger partial charge in [0.15, 0.2) is 0 Å². The molecule has 1 heterocycles. The first-order chi connectivity index (χ1) is 7.54. The predicted molar refractivity (Wildman–Crippen MR) is 70.6 cm³/mol. The fourth-order valence-electron chi connectivity index (χ4n) is 2.02. The minimum absolute atomic E-state index is 0.550. The van der Waals surface area contributed by atoms with Crippen LogP contribution in [0.15, 0.2) is 12.1 Å². The first-order valence-corrected chi connectivity index (χ1v) is 6.45. The summed E-state index contributed by atoms with van der Waals surface area (Å²) in [4.78, 5) is 0. The summed E-state index contributed by atoms with van der Waals surface area (Å²) < 4.78 is 2.44. The molecule has 0 atom stereocenters. The molecule has 0 unspecified atom stereocenters. The van der Waals surface area contributed by atoms with E-state index in [0.29, 0.717) is 6.04 Å². The van der Waals surface area contributed by atoms with Gasteiger partial charge >= 0.3 is 0 Å². The van der Waals surface area contributed by atoms with E-state index in [0.717, 1.165) is 19.0 Å². The van der Waals surface area contributed by atoms with Gasteiger partial charge in [-0.3, -0.25) is 0 Å². The Balaban J connectivity index is 2.73. The third kappa shape index (κ3) is 3.67. The Labute approximate surface area is 100 Å². The third-order valence-corrected chi connectivity index (χ3v) is 2.79. The fraction of sp³-hybridized carbons (Fsp3) is 0.714. The quantitative estimate of drug-likeness (QED) is 0.782. The Morgan fingerprint density at radius 1 is 1.12 bits per heavy atom. The zero-order chi connectivity index (χ0) is 12.1. The van der Waals surface area contributed by atoms with E-state index in [1.807, 2.05) is 0 Å². The molecule has 0 saturated heterocycles. The molecular weight excluding hydrogens is 196 g/mol. The summed E-state index contributed by atoms with van der Waals surface area (Å²) in [6.45, 7) is 13.2. The molecule has 0 saturated carbocycles. The maximum atomic E-state index is 3.48. The molecule has 2 nitrogen and oxygen atoms in total. The molecule has 0 amide bonds. The van der Waals surface area contributed by atoms with Crippen LogP contribution in [0.1, 0.15) is 46.0 Å². The summed E-state index contributed by atoms with van der Waals surface area (Å²) in [5, 5.41) is 3.48. The van der Waals surface area contributed by atoms with Crippen LogP contribution in [0, 0.1) is 5.92 Å². The number of hydrogen-bond acceptors (Lipinski definition) is 1. The van der Waals surface area contributed by atoms with E-state index in [9.17, 15) is 0 Å². The molecule has 0 bridgehead atoms. The highest BCUT2D eigenvalue weighted by atomic mass is 15.0. The van der Waals surface area contributed by atoms with Gasteiger partial charge in [-0.1, -0.05) is 27.7 Å². The van der Waals surface area contributed by atoms with Crippen LogP contribution >= 0.6 is 0 Å².